The van der Waals surface area contributed by atoms with Gasteiger partial charge < -0.3 is 14.2 Å². The van der Waals surface area contributed by atoms with Crippen molar-refractivity contribution in [1.29, 1.82) is 0 Å². The van der Waals surface area contributed by atoms with Crippen molar-refractivity contribution in [2.45, 2.75) is 5.97 Å². The Kier molecular flexibility index (Phi) is 1.74. The van der Waals surface area contributed by atoms with Gasteiger partial charge in [-0.3, -0.25) is 0 Å². The highest BCUT2D eigenvalue weighted by Gasteiger charge is 2.38. The third-order valence-electron chi connectivity index (χ3n) is 1.89. The Balaban J connectivity index is 2.35. The number of benzene rings is 1. The summed E-state index contributed by atoms with van der Waals surface area (Å²) in [5.74, 6) is 0.192. The number of ether oxygens (including phenoxy) is 3. The molecule has 13 heavy (non-hydrogen) atoms. The zero-order chi connectivity index (χ0) is 9.31. The first-order chi connectivity index (χ1) is 6.29. The SMILES string of the molecule is C=CC1(OC)Oc2ccccc2O1. The average Bonchev–Trinajstić information content (AvgIpc) is 2.57. The molecule has 68 valence electrons. The van der Waals surface area contributed by atoms with E-state index >= 15 is 0 Å². The lowest BCUT2D eigenvalue weighted by molar-refractivity contribution is -0.230. The third-order valence-corrected chi connectivity index (χ3v) is 1.89. The van der Waals surface area contributed by atoms with Crippen LogP contribution >= 0.6 is 0 Å². The fraction of sp³-hybridized carbons (Fsp3) is 0.200. The van der Waals surface area contributed by atoms with Gasteiger partial charge in [-0.25, -0.2) is 0 Å². The van der Waals surface area contributed by atoms with Crippen LogP contribution in [-0.2, 0) is 4.74 Å². The van der Waals surface area contributed by atoms with Crippen LogP contribution in [0.15, 0.2) is 36.9 Å². The molecule has 1 aromatic carbocycles. The minimum atomic E-state index is -1.15. The van der Waals surface area contributed by atoms with Gasteiger partial charge in [-0.1, -0.05) is 18.7 Å². The predicted molar refractivity (Wildman–Crippen MR) is 47.6 cm³/mol. The van der Waals surface area contributed by atoms with E-state index in [2.05, 4.69) is 6.58 Å². The molecule has 0 bridgehead atoms. The minimum Gasteiger partial charge on any atom is -0.423 e. The first-order valence-corrected chi connectivity index (χ1v) is 3.95. The van der Waals surface area contributed by atoms with Crippen molar-refractivity contribution in [2.75, 3.05) is 7.11 Å². The molecule has 0 spiro atoms. The molecule has 0 atom stereocenters. The molecule has 3 nitrogen and oxygen atoms in total. The topological polar surface area (TPSA) is 27.7 Å². The van der Waals surface area contributed by atoms with E-state index in [-0.39, 0.29) is 0 Å². The molecule has 0 aromatic heterocycles. The molecule has 3 heteroatoms. The molecule has 0 N–H and O–H groups in total. The molecule has 0 saturated carbocycles. The van der Waals surface area contributed by atoms with Crippen LogP contribution in [0.1, 0.15) is 0 Å². The van der Waals surface area contributed by atoms with Gasteiger partial charge in [0, 0.05) is 13.2 Å². The molecule has 0 radical (unpaired) electrons. The quantitative estimate of drug-likeness (QED) is 0.648. The van der Waals surface area contributed by atoms with Crippen LogP contribution in [0.3, 0.4) is 0 Å². The third kappa shape index (κ3) is 1.17. The van der Waals surface area contributed by atoms with E-state index in [4.69, 9.17) is 14.2 Å². The number of rotatable bonds is 2. The summed E-state index contributed by atoms with van der Waals surface area (Å²) < 4.78 is 15.9. The molecule has 1 aromatic rings. The summed E-state index contributed by atoms with van der Waals surface area (Å²) in [6.45, 7) is 3.59. The lowest BCUT2D eigenvalue weighted by Gasteiger charge is -2.20. The first-order valence-electron chi connectivity index (χ1n) is 3.95. The smallest absolute Gasteiger partial charge is 0.393 e. The Morgan fingerprint density at radius 1 is 1.31 bits per heavy atom. The van der Waals surface area contributed by atoms with Gasteiger partial charge in [-0.05, 0) is 12.1 Å². The molecule has 0 amide bonds. The zero-order valence-electron chi connectivity index (χ0n) is 7.32. The zero-order valence-corrected chi connectivity index (χ0v) is 7.32. The second-order valence-corrected chi connectivity index (χ2v) is 2.66. The van der Waals surface area contributed by atoms with Crippen molar-refractivity contribution in [2.24, 2.45) is 0 Å². The van der Waals surface area contributed by atoms with Crippen molar-refractivity contribution in [3.05, 3.63) is 36.9 Å². The van der Waals surface area contributed by atoms with Crippen LogP contribution in [0.4, 0.5) is 0 Å². The van der Waals surface area contributed by atoms with Gasteiger partial charge in [0.15, 0.2) is 11.5 Å². The lowest BCUT2D eigenvalue weighted by atomic mass is 10.3. The van der Waals surface area contributed by atoms with Gasteiger partial charge in [0.25, 0.3) is 0 Å². The monoisotopic (exact) mass is 178 g/mol. The van der Waals surface area contributed by atoms with Crippen LogP contribution < -0.4 is 9.47 Å². The number of hydrogen-bond acceptors (Lipinski definition) is 3. The Morgan fingerprint density at radius 3 is 2.23 bits per heavy atom. The highest BCUT2D eigenvalue weighted by Crippen LogP contribution is 2.39. The number of para-hydroxylation sites is 2. The van der Waals surface area contributed by atoms with Gasteiger partial charge in [0.1, 0.15) is 0 Å². The predicted octanol–water partition coefficient (Wildman–Crippen LogP) is 1.94. The summed E-state index contributed by atoms with van der Waals surface area (Å²) in [6, 6.07) is 7.38. The van der Waals surface area contributed by atoms with E-state index in [9.17, 15) is 0 Å². The van der Waals surface area contributed by atoms with E-state index < -0.39 is 5.97 Å². The van der Waals surface area contributed by atoms with Crippen LogP contribution in [0.2, 0.25) is 0 Å². The Bertz CT molecular complexity index is 308. The molecule has 0 aliphatic carbocycles. The Hall–Kier alpha value is -1.48. The Labute approximate surface area is 76.5 Å². The summed E-state index contributed by atoms with van der Waals surface area (Å²) in [7, 11) is 1.51. The number of methoxy groups -OCH3 is 1. The molecule has 1 heterocycles. The summed E-state index contributed by atoms with van der Waals surface area (Å²) >= 11 is 0. The van der Waals surface area contributed by atoms with Crippen LogP contribution in [0.25, 0.3) is 0 Å². The largest absolute Gasteiger partial charge is 0.423 e. The fourth-order valence-corrected chi connectivity index (χ4v) is 1.20. The lowest BCUT2D eigenvalue weighted by Crippen LogP contribution is -2.37. The van der Waals surface area contributed by atoms with E-state index in [0.29, 0.717) is 11.5 Å². The molecular weight excluding hydrogens is 168 g/mol. The van der Waals surface area contributed by atoms with E-state index in [1.165, 1.54) is 13.2 Å². The summed E-state index contributed by atoms with van der Waals surface area (Å²) in [6.07, 6.45) is 1.48. The van der Waals surface area contributed by atoms with Crippen molar-refractivity contribution in [1.82, 2.24) is 0 Å². The van der Waals surface area contributed by atoms with Gasteiger partial charge in [-0.15, -0.1) is 0 Å². The van der Waals surface area contributed by atoms with Gasteiger partial charge in [0.05, 0.1) is 0 Å². The average molecular weight is 178 g/mol. The molecule has 1 aliphatic rings. The second-order valence-electron chi connectivity index (χ2n) is 2.66. The molecular formula is C10H10O3. The molecule has 0 unspecified atom stereocenters. The van der Waals surface area contributed by atoms with E-state index in [1.54, 1.807) is 0 Å². The van der Waals surface area contributed by atoms with Gasteiger partial charge in [0.2, 0.25) is 0 Å². The first kappa shape index (κ1) is 8.13. The van der Waals surface area contributed by atoms with Crippen molar-refractivity contribution in [3.8, 4) is 11.5 Å². The highest BCUT2D eigenvalue weighted by atomic mass is 16.9. The summed E-state index contributed by atoms with van der Waals surface area (Å²) in [4.78, 5) is 0. The number of fused-ring (bicyclic) bond motifs is 1. The van der Waals surface area contributed by atoms with Crippen LogP contribution in [0.5, 0.6) is 11.5 Å². The molecule has 0 fully saturated rings. The van der Waals surface area contributed by atoms with Gasteiger partial charge in [-0.2, -0.15) is 0 Å². The van der Waals surface area contributed by atoms with Crippen molar-refractivity contribution in [3.63, 3.8) is 0 Å². The standard InChI is InChI=1S/C10H10O3/c1-3-10(11-2)12-8-6-4-5-7-9(8)13-10/h3-7H,1H2,2H3. The van der Waals surface area contributed by atoms with Crippen molar-refractivity contribution >= 4 is 0 Å². The fourth-order valence-electron chi connectivity index (χ4n) is 1.20. The number of hydrogen-bond donors (Lipinski definition) is 0. The maximum absolute atomic E-state index is 5.43. The molecule has 0 saturated heterocycles. The molecule has 2 rings (SSSR count). The minimum absolute atomic E-state index is 0.671. The maximum Gasteiger partial charge on any atom is 0.393 e. The van der Waals surface area contributed by atoms with Crippen LogP contribution in [0, 0.1) is 0 Å². The Morgan fingerprint density at radius 2 is 1.85 bits per heavy atom. The van der Waals surface area contributed by atoms with Crippen LogP contribution in [-0.4, -0.2) is 13.1 Å². The summed E-state index contributed by atoms with van der Waals surface area (Å²) in [5.41, 5.74) is 0. The summed E-state index contributed by atoms with van der Waals surface area (Å²) in [5, 5.41) is 0. The van der Waals surface area contributed by atoms with Gasteiger partial charge >= 0.3 is 5.97 Å². The van der Waals surface area contributed by atoms with E-state index in [1.807, 2.05) is 24.3 Å². The second kappa shape index (κ2) is 2.78. The highest BCUT2D eigenvalue weighted by molar-refractivity contribution is 5.43. The van der Waals surface area contributed by atoms with Crippen molar-refractivity contribution < 1.29 is 14.2 Å². The maximum atomic E-state index is 5.43. The normalized spacial score (nSPS) is 17.0. The molecule has 1 aliphatic heterocycles. The van der Waals surface area contributed by atoms with E-state index in [0.717, 1.165) is 0 Å².